The Balaban J connectivity index is 1.83. The number of carboxylic acids is 1. The molecule has 1 heterocycles. The Morgan fingerprint density at radius 1 is 1.24 bits per heavy atom. The molecule has 0 aliphatic heterocycles. The van der Waals surface area contributed by atoms with Gasteiger partial charge in [-0.25, -0.2) is 13.2 Å². The van der Waals surface area contributed by atoms with Crippen LogP contribution < -0.4 is 4.72 Å². The summed E-state index contributed by atoms with van der Waals surface area (Å²) >= 11 is 0. The molecule has 0 saturated carbocycles. The van der Waals surface area contributed by atoms with Crippen LogP contribution in [-0.2, 0) is 22.9 Å². The molecule has 7 nitrogen and oxygen atoms in total. The fourth-order valence-electron chi connectivity index (χ4n) is 3.29. The van der Waals surface area contributed by atoms with Gasteiger partial charge in [0, 0.05) is 5.39 Å². The van der Waals surface area contributed by atoms with Gasteiger partial charge in [0.1, 0.15) is 0 Å². The van der Waals surface area contributed by atoms with Gasteiger partial charge >= 0.3 is 5.97 Å². The second kappa shape index (κ2) is 5.59. The summed E-state index contributed by atoms with van der Waals surface area (Å²) in [5, 5.41) is 16.6. The summed E-state index contributed by atoms with van der Waals surface area (Å²) in [4.78, 5) is 11.4. The van der Waals surface area contributed by atoms with E-state index in [0.717, 1.165) is 12.0 Å². The monoisotopic (exact) mass is 357 g/mol. The summed E-state index contributed by atoms with van der Waals surface area (Å²) in [7, 11) is -3.92. The van der Waals surface area contributed by atoms with Crippen molar-refractivity contribution in [1.82, 2.24) is 10.2 Å². The van der Waals surface area contributed by atoms with Gasteiger partial charge in [-0.05, 0) is 54.7 Å². The number of benzene rings is 2. The zero-order valence-corrected chi connectivity index (χ0v) is 13.9. The van der Waals surface area contributed by atoms with Gasteiger partial charge in [-0.1, -0.05) is 6.07 Å². The highest BCUT2D eigenvalue weighted by molar-refractivity contribution is 7.92. The van der Waals surface area contributed by atoms with Crippen molar-refractivity contribution in [2.45, 2.75) is 24.2 Å². The summed E-state index contributed by atoms with van der Waals surface area (Å²) in [5.74, 6) is -1.14. The predicted octanol–water partition coefficient (Wildman–Crippen LogP) is 2.55. The molecule has 3 N–H and O–H groups in total. The molecule has 8 heteroatoms. The molecule has 0 unspecified atom stereocenters. The van der Waals surface area contributed by atoms with Crippen LogP contribution in [0.2, 0.25) is 0 Å². The van der Waals surface area contributed by atoms with Gasteiger partial charge in [0.25, 0.3) is 10.0 Å². The number of sulfonamides is 1. The maximum Gasteiger partial charge on any atom is 0.335 e. The van der Waals surface area contributed by atoms with Crippen molar-refractivity contribution >= 4 is 32.6 Å². The molecule has 128 valence electrons. The number of hydrogen-bond donors (Lipinski definition) is 3. The number of aryl methyl sites for hydroxylation is 1. The number of H-pyrrole nitrogens is 1. The van der Waals surface area contributed by atoms with Crippen LogP contribution in [0.3, 0.4) is 0 Å². The first-order valence-electron chi connectivity index (χ1n) is 7.80. The van der Waals surface area contributed by atoms with E-state index in [-0.39, 0.29) is 10.5 Å². The second-order valence-electron chi connectivity index (χ2n) is 6.01. The van der Waals surface area contributed by atoms with E-state index in [2.05, 4.69) is 14.9 Å². The molecule has 25 heavy (non-hydrogen) atoms. The maximum absolute atomic E-state index is 13.0. The van der Waals surface area contributed by atoms with Crippen molar-refractivity contribution in [1.29, 1.82) is 0 Å². The minimum atomic E-state index is -3.92. The van der Waals surface area contributed by atoms with Crippen LogP contribution >= 0.6 is 0 Å². The number of carbonyl (C=O) groups is 1. The molecule has 0 saturated heterocycles. The van der Waals surface area contributed by atoms with E-state index in [1.165, 1.54) is 6.07 Å². The molecule has 0 radical (unpaired) electrons. The van der Waals surface area contributed by atoms with Crippen molar-refractivity contribution in [3.63, 3.8) is 0 Å². The second-order valence-corrected chi connectivity index (χ2v) is 7.66. The van der Waals surface area contributed by atoms with Gasteiger partial charge in [-0.15, -0.1) is 0 Å². The number of rotatable bonds is 4. The number of nitrogens with zero attached hydrogens (tertiary/aromatic N) is 1. The molecule has 1 aliphatic carbocycles. The lowest BCUT2D eigenvalue weighted by Gasteiger charge is -2.13. The highest BCUT2D eigenvalue weighted by atomic mass is 32.2. The number of carboxylic acid groups (broad SMARTS) is 1. The number of aromatic carboxylic acids is 1. The SMILES string of the molecule is O=C(O)c1cc2c(c(S(=O)(=O)Nc3cccc4[nH]ncc34)c1)CCC2. The van der Waals surface area contributed by atoms with E-state index < -0.39 is 16.0 Å². The maximum atomic E-state index is 13.0. The highest BCUT2D eigenvalue weighted by Gasteiger charge is 2.26. The summed E-state index contributed by atoms with van der Waals surface area (Å²) in [5.41, 5.74) is 2.60. The van der Waals surface area contributed by atoms with Gasteiger partial charge < -0.3 is 5.11 Å². The molecular weight excluding hydrogens is 342 g/mol. The topological polar surface area (TPSA) is 112 Å². The van der Waals surface area contributed by atoms with E-state index in [1.54, 1.807) is 30.5 Å². The highest BCUT2D eigenvalue weighted by Crippen LogP contribution is 2.32. The standard InChI is InChI=1S/C17H15N3O4S/c21-17(22)11-7-10-3-1-4-12(10)16(8-11)25(23,24)20-15-6-2-5-14-13(15)9-18-19-14/h2,5-9,20H,1,3-4H2,(H,18,19)(H,21,22). The molecule has 0 spiro atoms. The number of anilines is 1. The van der Waals surface area contributed by atoms with Crippen LogP contribution in [0.25, 0.3) is 10.9 Å². The predicted molar refractivity (Wildman–Crippen MR) is 92.3 cm³/mol. The van der Waals surface area contributed by atoms with Crippen LogP contribution in [0.15, 0.2) is 41.4 Å². The zero-order valence-electron chi connectivity index (χ0n) is 13.1. The number of aromatic amines is 1. The lowest BCUT2D eigenvalue weighted by atomic mass is 10.1. The van der Waals surface area contributed by atoms with Crippen molar-refractivity contribution in [2.24, 2.45) is 0 Å². The quantitative estimate of drug-likeness (QED) is 0.664. The number of nitrogens with one attached hydrogen (secondary N) is 2. The van der Waals surface area contributed by atoms with Crippen LogP contribution in [0, 0.1) is 0 Å². The minimum absolute atomic E-state index is 0.0115. The summed E-state index contributed by atoms with van der Waals surface area (Å²) in [6, 6.07) is 7.97. The van der Waals surface area contributed by atoms with Crippen LogP contribution in [0.5, 0.6) is 0 Å². The third-order valence-corrected chi connectivity index (χ3v) is 5.87. The summed E-state index contributed by atoms with van der Waals surface area (Å²) in [6.07, 6.45) is 3.68. The van der Waals surface area contributed by atoms with Crippen LogP contribution in [0.4, 0.5) is 5.69 Å². The lowest BCUT2D eigenvalue weighted by molar-refractivity contribution is 0.0696. The first-order chi connectivity index (χ1) is 12.0. The summed E-state index contributed by atoms with van der Waals surface area (Å²) < 4.78 is 28.5. The van der Waals surface area contributed by atoms with E-state index in [1.807, 2.05) is 0 Å². The fraction of sp³-hybridized carbons (Fsp3) is 0.176. The van der Waals surface area contributed by atoms with Gasteiger partial charge in [0.05, 0.1) is 27.9 Å². The Morgan fingerprint density at radius 2 is 2.08 bits per heavy atom. The molecule has 2 aromatic carbocycles. The van der Waals surface area contributed by atoms with E-state index in [4.69, 9.17) is 0 Å². The molecule has 3 aromatic rings. The average Bonchev–Trinajstić information content (AvgIpc) is 3.22. The van der Waals surface area contributed by atoms with Crippen molar-refractivity contribution in [3.8, 4) is 0 Å². The van der Waals surface area contributed by atoms with Gasteiger partial charge in [0.2, 0.25) is 0 Å². The van der Waals surface area contributed by atoms with Gasteiger partial charge in [-0.2, -0.15) is 5.10 Å². The smallest absolute Gasteiger partial charge is 0.335 e. The molecule has 4 rings (SSSR count). The zero-order chi connectivity index (χ0) is 17.6. The first kappa shape index (κ1) is 15.6. The van der Waals surface area contributed by atoms with E-state index in [9.17, 15) is 18.3 Å². The summed E-state index contributed by atoms with van der Waals surface area (Å²) in [6.45, 7) is 0. The van der Waals surface area contributed by atoms with Gasteiger partial charge in [0.15, 0.2) is 0 Å². The Hall–Kier alpha value is -2.87. The molecule has 0 amide bonds. The average molecular weight is 357 g/mol. The van der Waals surface area contributed by atoms with E-state index >= 15 is 0 Å². The third-order valence-electron chi connectivity index (χ3n) is 4.44. The minimum Gasteiger partial charge on any atom is -0.478 e. The molecule has 0 atom stereocenters. The fourth-order valence-corrected chi connectivity index (χ4v) is 4.70. The third kappa shape index (κ3) is 2.64. The van der Waals surface area contributed by atoms with Crippen molar-refractivity contribution < 1.29 is 18.3 Å². The normalized spacial score (nSPS) is 13.8. The molecule has 0 fully saturated rings. The van der Waals surface area contributed by atoms with E-state index in [0.29, 0.717) is 35.0 Å². The van der Waals surface area contributed by atoms with Gasteiger partial charge in [-0.3, -0.25) is 9.82 Å². The first-order valence-corrected chi connectivity index (χ1v) is 9.28. The van der Waals surface area contributed by atoms with Crippen molar-refractivity contribution in [2.75, 3.05) is 4.72 Å². The Labute approximate surface area is 143 Å². The van der Waals surface area contributed by atoms with Crippen LogP contribution in [-0.4, -0.2) is 29.7 Å². The molecule has 0 bridgehead atoms. The Kier molecular flexibility index (Phi) is 3.50. The number of hydrogen-bond acceptors (Lipinski definition) is 4. The Bertz CT molecular complexity index is 1100. The number of aromatic nitrogens is 2. The van der Waals surface area contributed by atoms with Crippen LogP contribution in [0.1, 0.15) is 27.9 Å². The molecule has 1 aromatic heterocycles. The lowest BCUT2D eigenvalue weighted by Crippen LogP contribution is -2.16. The number of fused-ring (bicyclic) bond motifs is 2. The van der Waals surface area contributed by atoms with Crippen molar-refractivity contribution in [3.05, 3.63) is 53.2 Å². The molecular formula is C17H15N3O4S. The molecule has 1 aliphatic rings. The Morgan fingerprint density at radius 3 is 2.88 bits per heavy atom. The largest absolute Gasteiger partial charge is 0.478 e.